The lowest BCUT2D eigenvalue weighted by Crippen LogP contribution is -2.23. The first-order valence-corrected chi connectivity index (χ1v) is 7.21. The quantitative estimate of drug-likeness (QED) is 0.822. The van der Waals surface area contributed by atoms with Gasteiger partial charge < -0.3 is 5.73 Å². The van der Waals surface area contributed by atoms with Crippen molar-refractivity contribution in [3.05, 3.63) is 47.3 Å². The van der Waals surface area contributed by atoms with E-state index in [4.69, 9.17) is 5.73 Å². The van der Waals surface area contributed by atoms with Gasteiger partial charge in [0, 0.05) is 25.8 Å². The highest BCUT2D eigenvalue weighted by Gasteiger charge is 2.09. The summed E-state index contributed by atoms with van der Waals surface area (Å²) < 4.78 is 1.99. The Morgan fingerprint density at radius 3 is 2.40 bits per heavy atom. The summed E-state index contributed by atoms with van der Waals surface area (Å²) in [5.41, 5.74) is 10.3. The number of nitrogen functional groups attached to an aromatic ring is 1. The van der Waals surface area contributed by atoms with Crippen LogP contribution in [-0.2, 0) is 26.6 Å². The summed E-state index contributed by atoms with van der Waals surface area (Å²) >= 11 is 0. The van der Waals surface area contributed by atoms with Crippen molar-refractivity contribution in [1.29, 1.82) is 0 Å². The highest BCUT2D eigenvalue weighted by Crippen LogP contribution is 2.12. The molecule has 0 unspecified atom stereocenters. The molecule has 1 aromatic carbocycles. The van der Waals surface area contributed by atoms with E-state index in [9.17, 15) is 0 Å². The van der Waals surface area contributed by atoms with Gasteiger partial charge in [0.2, 0.25) is 0 Å². The zero-order chi connectivity index (χ0) is 14.5. The Balaban J connectivity index is 2.04. The Hall–Kier alpha value is -1.81. The fraction of sp³-hybridized carbons (Fsp3) is 0.438. The fourth-order valence-corrected chi connectivity index (χ4v) is 2.28. The van der Waals surface area contributed by atoms with Crippen LogP contribution in [0.5, 0.6) is 0 Å². The van der Waals surface area contributed by atoms with Gasteiger partial charge in [0.05, 0.1) is 11.4 Å². The summed E-state index contributed by atoms with van der Waals surface area (Å²) in [4.78, 5) is 2.40. The first kappa shape index (κ1) is 14.6. The van der Waals surface area contributed by atoms with E-state index in [1.54, 1.807) is 0 Å². The van der Waals surface area contributed by atoms with Crippen molar-refractivity contribution >= 4 is 5.69 Å². The van der Waals surface area contributed by atoms with E-state index in [0.717, 1.165) is 37.4 Å². The largest absolute Gasteiger partial charge is 0.399 e. The van der Waals surface area contributed by atoms with Crippen LogP contribution in [0.25, 0.3) is 0 Å². The molecule has 0 spiro atoms. The van der Waals surface area contributed by atoms with Crippen LogP contribution in [0.15, 0.2) is 30.3 Å². The molecule has 2 rings (SSSR count). The normalized spacial score (nSPS) is 11.2. The Kier molecular flexibility index (Phi) is 4.79. The summed E-state index contributed by atoms with van der Waals surface area (Å²) in [6.07, 6.45) is 0.984. The molecule has 0 radical (unpaired) electrons. The van der Waals surface area contributed by atoms with E-state index in [0.29, 0.717) is 0 Å². The minimum Gasteiger partial charge on any atom is -0.399 e. The molecule has 108 valence electrons. The van der Waals surface area contributed by atoms with Crippen LogP contribution in [0.4, 0.5) is 5.69 Å². The molecule has 4 heteroatoms. The maximum atomic E-state index is 5.73. The third kappa shape index (κ3) is 3.61. The lowest BCUT2D eigenvalue weighted by atomic mass is 10.2. The van der Waals surface area contributed by atoms with Crippen LogP contribution in [0.2, 0.25) is 0 Å². The second kappa shape index (κ2) is 6.57. The van der Waals surface area contributed by atoms with Gasteiger partial charge in [-0.05, 0) is 36.7 Å². The number of aromatic nitrogens is 2. The van der Waals surface area contributed by atoms with Crippen molar-refractivity contribution < 1.29 is 0 Å². The Morgan fingerprint density at radius 1 is 1.15 bits per heavy atom. The van der Waals surface area contributed by atoms with Crippen molar-refractivity contribution in [2.45, 2.75) is 33.4 Å². The van der Waals surface area contributed by atoms with Gasteiger partial charge in [-0.15, -0.1) is 0 Å². The van der Waals surface area contributed by atoms with Gasteiger partial charge in [-0.2, -0.15) is 5.10 Å². The van der Waals surface area contributed by atoms with Crippen molar-refractivity contribution in [2.75, 3.05) is 12.3 Å². The van der Waals surface area contributed by atoms with Crippen LogP contribution >= 0.6 is 0 Å². The van der Waals surface area contributed by atoms with Crippen molar-refractivity contribution in [2.24, 2.45) is 7.05 Å². The first-order chi connectivity index (χ1) is 9.62. The molecule has 1 heterocycles. The van der Waals surface area contributed by atoms with Crippen molar-refractivity contribution in [1.82, 2.24) is 14.7 Å². The van der Waals surface area contributed by atoms with E-state index in [1.807, 2.05) is 23.9 Å². The molecule has 0 saturated heterocycles. The average molecular weight is 272 g/mol. The highest BCUT2D eigenvalue weighted by molar-refractivity contribution is 5.39. The number of nitrogens with zero attached hydrogens (tertiary/aromatic N) is 3. The van der Waals surface area contributed by atoms with Crippen LogP contribution in [0.3, 0.4) is 0 Å². The van der Waals surface area contributed by atoms with Gasteiger partial charge in [0.1, 0.15) is 0 Å². The zero-order valence-corrected chi connectivity index (χ0v) is 12.6. The second-order valence-corrected chi connectivity index (χ2v) is 5.15. The number of hydrogen-bond acceptors (Lipinski definition) is 3. The van der Waals surface area contributed by atoms with Crippen LogP contribution < -0.4 is 5.73 Å². The van der Waals surface area contributed by atoms with E-state index in [2.05, 4.69) is 42.0 Å². The maximum absolute atomic E-state index is 5.73. The lowest BCUT2D eigenvalue weighted by Gasteiger charge is -2.20. The molecule has 2 N–H and O–H groups in total. The molecule has 0 atom stereocenters. The van der Waals surface area contributed by atoms with E-state index < -0.39 is 0 Å². The zero-order valence-electron chi connectivity index (χ0n) is 12.6. The molecule has 0 bridgehead atoms. The lowest BCUT2D eigenvalue weighted by molar-refractivity contribution is 0.264. The van der Waals surface area contributed by atoms with Crippen LogP contribution in [0.1, 0.15) is 30.8 Å². The smallest absolute Gasteiger partial charge is 0.0625 e. The van der Waals surface area contributed by atoms with Crippen molar-refractivity contribution in [3.8, 4) is 0 Å². The minimum absolute atomic E-state index is 0.816. The van der Waals surface area contributed by atoms with E-state index in [1.165, 1.54) is 11.3 Å². The third-order valence-electron chi connectivity index (χ3n) is 3.61. The number of hydrogen-bond donors (Lipinski definition) is 1. The number of aryl methyl sites for hydroxylation is 2. The number of nitrogens with two attached hydrogens (primary N) is 1. The molecule has 4 nitrogen and oxygen atoms in total. The second-order valence-electron chi connectivity index (χ2n) is 5.15. The molecule has 1 aromatic heterocycles. The topological polar surface area (TPSA) is 47.1 Å². The predicted octanol–water partition coefficient (Wildman–Crippen LogP) is 2.59. The van der Waals surface area contributed by atoms with Gasteiger partial charge >= 0.3 is 0 Å². The Labute approximate surface area is 121 Å². The molecule has 20 heavy (non-hydrogen) atoms. The monoisotopic (exact) mass is 272 g/mol. The van der Waals surface area contributed by atoms with Crippen molar-refractivity contribution in [3.63, 3.8) is 0 Å². The first-order valence-electron chi connectivity index (χ1n) is 7.21. The SMILES string of the molecule is CCc1cc(CN(CC)Cc2ccc(N)cc2)n(C)n1. The molecule has 0 fully saturated rings. The number of rotatable bonds is 6. The molecule has 0 aliphatic carbocycles. The Morgan fingerprint density at radius 2 is 1.85 bits per heavy atom. The van der Waals surface area contributed by atoms with Gasteiger partial charge in [-0.1, -0.05) is 26.0 Å². The predicted molar refractivity (Wildman–Crippen MR) is 83.2 cm³/mol. The van der Waals surface area contributed by atoms with E-state index in [-0.39, 0.29) is 0 Å². The van der Waals surface area contributed by atoms with Crippen LogP contribution in [-0.4, -0.2) is 21.2 Å². The number of benzene rings is 1. The molecule has 0 saturated carbocycles. The molecule has 2 aromatic rings. The summed E-state index contributed by atoms with van der Waals surface area (Å²) in [7, 11) is 2.02. The van der Waals surface area contributed by atoms with Gasteiger partial charge in [-0.3, -0.25) is 9.58 Å². The molecular formula is C16H24N4. The average Bonchev–Trinajstić information content (AvgIpc) is 2.81. The summed E-state index contributed by atoms with van der Waals surface area (Å²) in [5.74, 6) is 0. The summed E-state index contributed by atoms with van der Waals surface area (Å²) in [6, 6.07) is 10.3. The molecule has 0 amide bonds. The van der Waals surface area contributed by atoms with Crippen LogP contribution in [0, 0.1) is 0 Å². The Bertz CT molecular complexity index is 542. The summed E-state index contributed by atoms with van der Waals surface area (Å²) in [5, 5.41) is 4.51. The summed E-state index contributed by atoms with van der Waals surface area (Å²) in [6.45, 7) is 7.19. The minimum atomic E-state index is 0.816. The standard InChI is InChI=1S/C16H24N4/c1-4-15-10-16(19(3)18-15)12-20(5-2)11-13-6-8-14(17)9-7-13/h6-10H,4-5,11-12,17H2,1-3H3. The van der Waals surface area contributed by atoms with Gasteiger partial charge in [-0.25, -0.2) is 0 Å². The van der Waals surface area contributed by atoms with E-state index >= 15 is 0 Å². The molecular weight excluding hydrogens is 248 g/mol. The highest BCUT2D eigenvalue weighted by atomic mass is 15.3. The number of anilines is 1. The molecule has 0 aliphatic rings. The maximum Gasteiger partial charge on any atom is 0.0625 e. The molecule has 0 aliphatic heterocycles. The van der Waals surface area contributed by atoms with Gasteiger partial charge in [0.25, 0.3) is 0 Å². The van der Waals surface area contributed by atoms with Gasteiger partial charge in [0.15, 0.2) is 0 Å². The third-order valence-corrected chi connectivity index (χ3v) is 3.61. The fourth-order valence-electron chi connectivity index (χ4n) is 2.28.